The molecular weight excluding hydrogens is 467 g/mol. The molecule has 5 rings (SSSR count). The number of hydrogen-bond acceptors (Lipinski definition) is 7. The Morgan fingerprint density at radius 2 is 1.86 bits per heavy atom. The third-order valence-corrected chi connectivity index (χ3v) is 5.87. The maximum absolute atomic E-state index is 13.2. The number of halogens is 1. The number of amides is 2. The molecule has 0 saturated carbocycles. The summed E-state index contributed by atoms with van der Waals surface area (Å²) >= 11 is 0. The van der Waals surface area contributed by atoms with E-state index in [0.29, 0.717) is 23.0 Å². The van der Waals surface area contributed by atoms with Gasteiger partial charge in [-0.2, -0.15) is 4.52 Å². The minimum absolute atomic E-state index is 0.101. The molecule has 4 aromatic rings. The average Bonchev–Trinajstić information content (AvgIpc) is 3.50. The van der Waals surface area contributed by atoms with Crippen molar-refractivity contribution in [2.45, 2.75) is 6.42 Å². The first-order chi connectivity index (χ1) is 17.5. The van der Waals surface area contributed by atoms with Gasteiger partial charge in [-0.1, -0.05) is 0 Å². The largest absolute Gasteiger partial charge is 0.497 e. The third kappa shape index (κ3) is 4.81. The van der Waals surface area contributed by atoms with Crippen molar-refractivity contribution >= 4 is 23.1 Å². The highest BCUT2D eigenvalue weighted by Gasteiger charge is 2.35. The van der Waals surface area contributed by atoms with Crippen LogP contribution in [0, 0.1) is 11.7 Å². The summed E-state index contributed by atoms with van der Waals surface area (Å²) in [6.45, 7) is 0.678. The molecule has 2 aromatic carbocycles. The number of nitrogens with zero attached hydrogens (tertiary/aromatic N) is 5. The molecule has 11 heteroatoms. The molecule has 0 spiro atoms. The molecule has 2 amide bonds. The molecule has 1 atom stereocenters. The van der Waals surface area contributed by atoms with Crippen LogP contribution >= 0.6 is 0 Å². The van der Waals surface area contributed by atoms with E-state index < -0.39 is 5.92 Å². The number of aromatic nitrogens is 4. The zero-order valence-corrected chi connectivity index (χ0v) is 19.4. The van der Waals surface area contributed by atoms with Crippen molar-refractivity contribution in [3.8, 4) is 23.0 Å². The van der Waals surface area contributed by atoms with E-state index in [0.717, 1.165) is 11.3 Å². The lowest BCUT2D eigenvalue weighted by Crippen LogP contribution is -2.35. The molecule has 1 aliphatic heterocycles. The Labute approximate surface area is 205 Å². The number of hydrogen-bond donors (Lipinski definition) is 1. The summed E-state index contributed by atoms with van der Waals surface area (Å²) in [4.78, 5) is 26.4. The Morgan fingerprint density at radius 3 is 2.61 bits per heavy atom. The first kappa shape index (κ1) is 23.2. The second-order valence-electron chi connectivity index (χ2n) is 8.21. The molecule has 3 heterocycles. The van der Waals surface area contributed by atoms with Crippen molar-refractivity contribution in [3.63, 3.8) is 0 Å². The van der Waals surface area contributed by atoms with Gasteiger partial charge in [0, 0.05) is 30.3 Å². The summed E-state index contributed by atoms with van der Waals surface area (Å²) in [7, 11) is 1.60. The Hall–Kier alpha value is -4.54. The topological polar surface area (TPSA) is 111 Å². The number of anilines is 1. The number of ether oxygens (including phenoxy) is 2. The lowest BCUT2D eigenvalue weighted by atomic mass is 10.1. The van der Waals surface area contributed by atoms with Crippen LogP contribution in [-0.2, 0) is 9.59 Å². The zero-order valence-electron chi connectivity index (χ0n) is 19.4. The number of benzene rings is 2. The Balaban J connectivity index is 1.15. The first-order valence-electron chi connectivity index (χ1n) is 11.3. The molecule has 10 nitrogen and oxygen atoms in total. The van der Waals surface area contributed by atoms with Crippen LogP contribution in [0.15, 0.2) is 60.7 Å². The van der Waals surface area contributed by atoms with Gasteiger partial charge in [-0.05, 0) is 54.6 Å². The van der Waals surface area contributed by atoms with Crippen molar-refractivity contribution < 1.29 is 23.5 Å². The van der Waals surface area contributed by atoms with Gasteiger partial charge < -0.3 is 19.7 Å². The molecule has 2 aromatic heterocycles. The number of rotatable bonds is 8. The highest BCUT2D eigenvalue weighted by Crippen LogP contribution is 2.25. The summed E-state index contributed by atoms with van der Waals surface area (Å²) in [5.74, 6) is 0.373. The van der Waals surface area contributed by atoms with Gasteiger partial charge in [0.15, 0.2) is 11.5 Å². The number of carbonyl (C=O) groups is 2. The van der Waals surface area contributed by atoms with Crippen LogP contribution in [0.5, 0.6) is 11.6 Å². The van der Waals surface area contributed by atoms with Gasteiger partial charge >= 0.3 is 0 Å². The average molecular weight is 490 g/mol. The molecule has 1 N–H and O–H groups in total. The van der Waals surface area contributed by atoms with E-state index in [2.05, 4.69) is 20.6 Å². The molecular formula is C25H23FN6O4. The standard InChI is InChI=1S/C25H23FN6O4/c1-35-20-8-2-16(3-9-20)24-29-28-21-10-11-22(30-32(21)24)36-13-12-27-25(34)17-14-23(33)31(15-17)19-6-4-18(26)5-7-19/h2-11,17H,12-15H2,1H3,(H,27,34). The first-order valence-corrected chi connectivity index (χ1v) is 11.3. The summed E-state index contributed by atoms with van der Waals surface area (Å²) in [6.07, 6.45) is 0.101. The molecule has 1 fully saturated rings. The van der Waals surface area contributed by atoms with Gasteiger partial charge in [0.05, 0.1) is 19.6 Å². The molecule has 36 heavy (non-hydrogen) atoms. The van der Waals surface area contributed by atoms with Crippen molar-refractivity contribution in [2.75, 3.05) is 31.7 Å². The summed E-state index contributed by atoms with van der Waals surface area (Å²) in [5, 5.41) is 15.6. The van der Waals surface area contributed by atoms with Crippen LogP contribution in [0.4, 0.5) is 10.1 Å². The van der Waals surface area contributed by atoms with Crippen molar-refractivity contribution in [3.05, 3.63) is 66.5 Å². The fourth-order valence-corrected chi connectivity index (χ4v) is 4.00. The van der Waals surface area contributed by atoms with E-state index in [1.807, 2.05) is 24.3 Å². The van der Waals surface area contributed by atoms with Crippen LogP contribution in [-0.4, -0.2) is 58.4 Å². The van der Waals surface area contributed by atoms with Crippen molar-refractivity contribution in [2.24, 2.45) is 5.92 Å². The molecule has 1 unspecified atom stereocenters. The monoisotopic (exact) mass is 490 g/mol. The van der Waals surface area contributed by atoms with Crippen LogP contribution in [0.1, 0.15) is 6.42 Å². The Bertz CT molecular complexity index is 1390. The van der Waals surface area contributed by atoms with Gasteiger partial charge in [-0.15, -0.1) is 15.3 Å². The molecule has 0 bridgehead atoms. The van der Waals surface area contributed by atoms with E-state index in [9.17, 15) is 14.0 Å². The fourth-order valence-electron chi connectivity index (χ4n) is 4.00. The number of nitrogens with one attached hydrogen (secondary N) is 1. The highest BCUT2D eigenvalue weighted by atomic mass is 19.1. The Morgan fingerprint density at radius 1 is 1.08 bits per heavy atom. The van der Waals surface area contributed by atoms with Gasteiger partial charge in [-0.25, -0.2) is 4.39 Å². The highest BCUT2D eigenvalue weighted by molar-refractivity contribution is 6.00. The molecule has 1 saturated heterocycles. The van der Waals surface area contributed by atoms with E-state index in [4.69, 9.17) is 9.47 Å². The third-order valence-electron chi connectivity index (χ3n) is 5.87. The van der Waals surface area contributed by atoms with Gasteiger partial charge in [0.25, 0.3) is 0 Å². The second-order valence-corrected chi connectivity index (χ2v) is 8.21. The SMILES string of the molecule is COc1ccc(-c2nnc3ccc(OCCNC(=O)C4CC(=O)N(c5ccc(F)cc5)C4)nn23)cc1. The predicted octanol–water partition coefficient (Wildman–Crippen LogP) is 2.49. The Kier molecular flexibility index (Phi) is 6.44. The predicted molar refractivity (Wildman–Crippen MR) is 128 cm³/mol. The summed E-state index contributed by atoms with van der Waals surface area (Å²) < 4.78 is 25.7. The second kappa shape index (κ2) is 9.98. The quantitative estimate of drug-likeness (QED) is 0.378. The van der Waals surface area contributed by atoms with Gasteiger partial charge in [-0.3, -0.25) is 9.59 Å². The van der Waals surface area contributed by atoms with E-state index >= 15 is 0 Å². The van der Waals surface area contributed by atoms with Gasteiger partial charge in [0.2, 0.25) is 17.7 Å². The summed E-state index contributed by atoms with van der Waals surface area (Å²) in [6, 6.07) is 16.5. The van der Waals surface area contributed by atoms with Gasteiger partial charge in [0.1, 0.15) is 18.2 Å². The summed E-state index contributed by atoms with van der Waals surface area (Å²) in [5.41, 5.74) is 1.96. The van der Waals surface area contributed by atoms with Crippen LogP contribution < -0.4 is 19.7 Å². The lowest BCUT2D eigenvalue weighted by Gasteiger charge is -2.16. The maximum atomic E-state index is 13.2. The minimum atomic E-state index is -0.485. The van der Waals surface area contributed by atoms with Crippen molar-refractivity contribution in [1.29, 1.82) is 0 Å². The van der Waals surface area contributed by atoms with E-state index in [1.165, 1.54) is 29.2 Å². The fraction of sp³-hybridized carbons (Fsp3) is 0.240. The molecule has 0 radical (unpaired) electrons. The normalized spacial score (nSPS) is 15.3. The number of fused-ring (bicyclic) bond motifs is 1. The molecule has 1 aliphatic rings. The van der Waals surface area contributed by atoms with E-state index in [1.54, 1.807) is 23.8 Å². The smallest absolute Gasteiger partial charge is 0.231 e. The van der Waals surface area contributed by atoms with E-state index in [-0.39, 0.29) is 43.7 Å². The minimum Gasteiger partial charge on any atom is -0.497 e. The molecule has 0 aliphatic carbocycles. The molecule has 184 valence electrons. The lowest BCUT2D eigenvalue weighted by molar-refractivity contribution is -0.126. The number of methoxy groups -OCH3 is 1. The number of carbonyl (C=O) groups excluding carboxylic acids is 2. The zero-order chi connectivity index (χ0) is 25.1. The van der Waals surface area contributed by atoms with Crippen molar-refractivity contribution in [1.82, 2.24) is 25.1 Å². The van der Waals surface area contributed by atoms with Crippen LogP contribution in [0.3, 0.4) is 0 Å². The van der Waals surface area contributed by atoms with Crippen LogP contribution in [0.2, 0.25) is 0 Å². The maximum Gasteiger partial charge on any atom is 0.231 e. The van der Waals surface area contributed by atoms with Crippen LogP contribution in [0.25, 0.3) is 17.0 Å².